The fourth-order valence-corrected chi connectivity index (χ4v) is 3.24. The molecule has 0 atom stereocenters. The second-order valence-corrected chi connectivity index (χ2v) is 6.17. The maximum atomic E-state index is 12.3. The minimum atomic E-state index is -3.91. The molecule has 0 radical (unpaired) electrons. The van der Waals surface area contributed by atoms with Gasteiger partial charge in [0, 0.05) is 12.4 Å². The Labute approximate surface area is 110 Å². The lowest BCUT2D eigenvalue weighted by Gasteiger charge is -2.17. The van der Waals surface area contributed by atoms with Gasteiger partial charge in [0.1, 0.15) is 0 Å². The van der Waals surface area contributed by atoms with Crippen molar-refractivity contribution in [3.05, 3.63) is 42.5 Å². The molecule has 0 fully saturated rings. The molecule has 0 unspecified atom stereocenters. The first kappa shape index (κ1) is 13.9. The van der Waals surface area contributed by atoms with Gasteiger partial charge < -0.3 is 0 Å². The van der Waals surface area contributed by atoms with Crippen molar-refractivity contribution in [1.82, 2.24) is 4.31 Å². The fraction of sp³-hybridized carbons (Fsp3) is 0.231. The summed E-state index contributed by atoms with van der Waals surface area (Å²) in [5.41, 5.74) is 0. The Morgan fingerprint density at radius 2 is 1.74 bits per heavy atom. The van der Waals surface area contributed by atoms with Gasteiger partial charge in [-0.15, -0.1) is 0 Å². The molecular formula is C13H13F2NO2S. The van der Waals surface area contributed by atoms with Crippen molar-refractivity contribution in [2.24, 2.45) is 0 Å². The molecule has 6 heteroatoms. The summed E-state index contributed by atoms with van der Waals surface area (Å²) >= 11 is 0. The Morgan fingerprint density at radius 3 is 2.42 bits per heavy atom. The van der Waals surface area contributed by atoms with Crippen molar-refractivity contribution in [3.8, 4) is 0 Å². The minimum absolute atomic E-state index is 0.0498. The van der Waals surface area contributed by atoms with Gasteiger partial charge in [0.15, 0.2) is 0 Å². The lowest BCUT2D eigenvalue weighted by molar-refractivity contribution is 0.126. The Morgan fingerprint density at radius 1 is 1.11 bits per heavy atom. The normalized spacial score (nSPS) is 12.5. The van der Waals surface area contributed by atoms with Crippen LogP contribution < -0.4 is 0 Å². The molecule has 2 aromatic rings. The third-order valence-corrected chi connectivity index (χ3v) is 4.71. The predicted octanol–water partition coefficient (Wildman–Crippen LogP) is 2.73. The van der Waals surface area contributed by atoms with Crippen LogP contribution in [0.4, 0.5) is 8.78 Å². The molecule has 0 spiro atoms. The van der Waals surface area contributed by atoms with E-state index in [1.807, 2.05) is 0 Å². The van der Waals surface area contributed by atoms with Crippen molar-refractivity contribution in [2.75, 3.05) is 13.6 Å². The highest BCUT2D eigenvalue weighted by Gasteiger charge is 2.25. The van der Waals surface area contributed by atoms with Crippen LogP contribution in [0.5, 0.6) is 0 Å². The zero-order valence-corrected chi connectivity index (χ0v) is 11.1. The molecule has 0 heterocycles. The first-order valence-electron chi connectivity index (χ1n) is 5.65. The van der Waals surface area contributed by atoms with E-state index in [9.17, 15) is 17.2 Å². The van der Waals surface area contributed by atoms with Gasteiger partial charge in [-0.05, 0) is 11.5 Å². The largest absolute Gasteiger partial charge is 0.252 e. The van der Waals surface area contributed by atoms with Crippen LogP contribution in [0.3, 0.4) is 0 Å². The van der Waals surface area contributed by atoms with Crippen molar-refractivity contribution in [3.63, 3.8) is 0 Å². The number of hydrogen-bond donors (Lipinski definition) is 0. The van der Waals surface area contributed by atoms with E-state index in [-0.39, 0.29) is 4.90 Å². The third kappa shape index (κ3) is 2.74. The number of halogens is 2. The molecule has 0 saturated heterocycles. The van der Waals surface area contributed by atoms with Gasteiger partial charge >= 0.3 is 0 Å². The van der Waals surface area contributed by atoms with Crippen LogP contribution in [-0.2, 0) is 10.0 Å². The quantitative estimate of drug-likeness (QED) is 0.866. The highest BCUT2D eigenvalue weighted by molar-refractivity contribution is 7.89. The average molecular weight is 285 g/mol. The standard InChI is InChI=1S/C13H13F2NO2S/c1-16(9-13(14)15)19(17,18)12-8-4-6-10-5-2-3-7-11(10)12/h2-8,13H,9H2,1H3. The van der Waals surface area contributed by atoms with Gasteiger partial charge in [-0.1, -0.05) is 36.4 Å². The Kier molecular flexibility index (Phi) is 3.82. The molecule has 19 heavy (non-hydrogen) atoms. The van der Waals surface area contributed by atoms with Gasteiger partial charge in [-0.25, -0.2) is 17.2 Å². The maximum absolute atomic E-state index is 12.3. The summed E-state index contributed by atoms with van der Waals surface area (Å²) < 4.78 is 49.9. The Hall–Kier alpha value is -1.53. The third-order valence-electron chi connectivity index (χ3n) is 2.83. The number of benzene rings is 2. The molecule has 0 aromatic heterocycles. The van der Waals surface area contributed by atoms with Crippen LogP contribution >= 0.6 is 0 Å². The second kappa shape index (κ2) is 5.22. The van der Waals surface area contributed by atoms with Crippen molar-refractivity contribution >= 4 is 20.8 Å². The zero-order valence-electron chi connectivity index (χ0n) is 10.3. The molecule has 0 aliphatic rings. The number of hydrogen-bond acceptors (Lipinski definition) is 2. The van der Waals surface area contributed by atoms with Crippen LogP contribution in [0.15, 0.2) is 47.4 Å². The highest BCUT2D eigenvalue weighted by Crippen LogP contribution is 2.25. The van der Waals surface area contributed by atoms with Gasteiger partial charge in [0.05, 0.1) is 11.4 Å². The summed E-state index contributed by atoms with van der Waals surface area (Å²) in [6.45, 7) is -0.814. The van der Waals surface area contributed by atoms with E-state index in [0.29, 0.717) is 9.69 Å². The summed E-state index contributed by atoms with van der Waals surface area (Å²) in [4.78, 5) is 0.0498. The Bertz CT molecular complexity index is 681. The van der Waals surface area contributed by atoms with Crippen molar-refractivity contribution in [2.45, 2.75) is 11.3 Å². The van der Waals surface area contributed by atoms with Gasteiger partial charge in [-0.2, -0.15) is 4.31 Å². The summed E-state index contributed by atoms with van der Waals surface area (Å²) in [5.74, 6) is 0. The highest BCUT2D eigenvalue weighted by atomic mass is 32.2. The monoisotopic (exact) mass is 285 g/mol. The van der Waals surface area contributed by atoms with Crippen LogP contribution in [0.1, 0.15) is 0 Å². The molecule has 0 saturated carbocycles. The number of sulfonamides is 1. The topological polar surface area (TPSA) is 37.4 Å². The second-order valence-electron chi connectivity index (χ2n) is 4.15. The number of nitrogens with zero attached hydrogens (tertiary/aromatic N) is 1. The van der Waals surface area contributed by atoms with Crippen LogP contribution in [-0.4, -0.2) is 32.7 Å². The summed E-state index contributed by atoms with van der Waals surface area (Å²) in [7, 11) is -2.75. The van der Waals surface area contributed by atoms with Crippen LogP contribution in [0.25, 0.3) is 10.8 Å². The Balaban J connectivity index is 2.55. The van der Waals surface area contributed by atoms with E-state index in [0.717, 1.165) is 12.4 Å². The molecule has 0 amide bonds. The first-order chi connectivity index (χ1) is 8.93. The molecule has 0 N–H and O–H groups in total. The summed E-state index contributed by atoms with van der Waals surface area (Å²) in [6.07, 6.45) is -2.70. The van der Waals surface area contributed by atoms with Gasteiger partial charge in [0.2, 0.25) is 10.0 Å². The SMILES string of the molecule is CN(CC(F)F)S(=O)(=O)c1cccc2ccccc12. The number of fused-ring (bicyclic) bond motifs is 1. The van der Waals surface area contributed by atoms with E-state index in [2.05, 4.69) is 0 Å². The van der Waals surface area contributed by atoms with Crippen molar-refractivity contribution < 1.29 is 17.2 Å². The molecule has 2 rings (SSSR count). The predicted molar refractivity (Wildman–Crippen MR) is 69.8 cm³/mol. The van der Waals surface area contributed by atoms with E-state index in [1.54, 1.807) is 36.4 Å². The first-order valence-corrected chi connectivity index (χ1v) is 7.09. The van der Waals surface area contributed by atoms with Crippen LogP contribution in [0, 0.1) is 0 Å². The smallest absolute Gasteiger partial charge is 0.209 e. The zero-order chi connectivity index (χ0) is 14.0. The fourth-order valence-electron chi connectivity index (χ4n) is 1.88. The van der Waals surface area contributed by atoms with E-state index >= 15 is 0 Å². The maximum Gasteiger partial charge on any atom is 0.252 e. The molecule has 0 bridgehead atoms. The molecular weight excluding hydrogens is 272 g/mol. The van der Waals surface area contributed by atoms with E-state index in [1.165, 1.54) is 6.07 Å². The molecule has 3 nitrogen and oxygen atoms in total. The lowest BCUT2D eigenvalue weighted by atomic mass is 10.1. The number of alkyl halides is 2. The van der Waals surface area contributed by atoms with E-state index in [4.69, 9.17) is 0 Å². The molecule has 0 aliphatic heterocycles. The van der Waals surface area contributed by atoms with Crippen molar-refractivity contribution in [1.29, 1.82) is 0 Å². The van der Waals surface area contributed by atoms with E-state index < -0.39 is 23.0 Å². The lowest BCUT2D eigenvalue weighted by Crippen LogP contribution is -2.31. The van der Waals surface area contributed by atoms with Gasteiger partial charge in [-0.3, -0.25) is 0 Å². The minimum Gasteiger partial charge on any atom is -0.209 e. The molecule has 102 valence electrons. The van der Waals surface area contributed by atoms with Crippen LogP contribution in [0.2, 0.25) is 0 Å². The summed E-state index contributed by atoms with van der Waals surface area (Å²) in [5, 5.41) is 1.29. The molecule has 2 aromatic carbocycles. The number of rotatable bonds is 4. The molecule has 0 aliphatic carbocycles. The summed E-state index contributed by atoms with van der Waals surface area (Å²) in [6, 6.07) is 11.8. The average Bonchev–Trinajstić information content (AvgIpc) is 2.37. The van der Waals surface area contributed by atoms with Gasteiger partial charge in [0.25, 0.3) is 6.43 Å².